The average Bonchev–Trinajstić information content (AvgIpc) is 3.48. The summed E-state index contributed by atoms with van der Waals surface area (Å²) >= 11 is 0. The van der Waals surface area contributed by atoms with E-state index in [1.807, 2.05) is 43.9 Å². The topological polar surface area (TPSA) is 146 Å². The Bertz CT molecular complexity index is 1920. The number of amides is 2. The Hall–Kier alpha value is -5.35. The number of rotatable bonds is 8. The zero-order valence-electron chi connectivity index (χ0n) is 27.3. The molecule has 2 aliphatic heterocycles. The summed E-state index contributed by atoms with van der Waals surface area (Å²) in [7, 11) is 0. The van der Waals surface area contributed by atoms with Gasteiger partial charge in [-0.2, -0.15) is 10.4 Å². The monoisotopic (exact) mass is 651 g/mol. The molecule has 0 bridgehead atoms. The number of ether oxygens (including phenoxy) is 1. The van der Waals surface area contributed by atoms with Gasteiger partial charge < -0.3 is 20.3 Å². The molecule has 0 unspecified atom stereocenters. The minimum absolute atomic E-state index is 0.0171. The molecule has 48 heavy (non-hydrogen) atoms. The lowest BCUT2D eigenvalue weighted by molar-refractivity contribution is -0.137. The number of nitrogens with zero attached hydrogens (tertiary/aromatic N) is 8. The standard InChI is InChI=1S/C35H38FN9O3/c1-4-42-15-16-44(21-29(42)46)35(2,3)18-23(19-37)34(47)43-14-8-9-24(20-43)45-33-30(32(38)39-22-40-33)31(41-45)27-13-12-26(17-28(27)36)48-25-10-6-5-7-11-25/h5-7,10-13,17-18,22,24H,4,8-9,14-16,20-21H2,1-3H3,(H2,38,39,40)/b23-18-/t24-/m1/s1. The molecule has 0 spiro atoms. The van der Waals surface area contributed by atoms with Crippen molar-refractivity contribution in [2.45, 2.75) is 45.2 Å². The Morgan fingerprint density at radius 1 is 1.15 bits per heavy atom. The molecular weight excluding hydrogens is 613 g/mol. The Labute approximate surface area is 278 Å². The van der Waals surface area contributed by atoms with Gasteiger partial charge in [-0.05, 0) is 64.0 Å². The molecule has 2 aromatic heterocycles. The molecule has 0 radical (unpaired) electrons. The molecule has 2 saturated heterocycles. The summed E-state index contributed by atoms with van der Waals surface area (Å²) in [6, 6.07) is 15.4. The second-order valence-electron chi connectivity index (χ2n) is 12.6. The smallest absolute Gasteiger partial charge is 0.264 e. The van der Waals surface area contributed by atoms with E-state index in [0.29, 0.717) is 61.6 Å². The van der Waals surface area contributed by atoms with Crippen molar-refractivity contribution in [3.63, 3.8) is 0 Å². The molecule has 2 aromatic carbocycles. The third-order valence-corrected chi connectivity index (χ3v) is 9.09. The number of halogens is 1. The number of nitrogen functional groups attached to an aromatic ring is 1. The maximum atomic E-state index is 15.6. The van der Waals surface area contributed by atoms with Gasteiger partial charge in [0.1, 0.15) is 46.8 Å². The number of hydrogen-bond acceptors (Lipinski definition) is 9. The highest BCUT2D eigenvalue weighted by Gasteiger charge is 2.35. The normalized spacial score (nSPS) is 17.9. The number of piperazine rings is 1. The molecule has 4 aromatic rings. The van der Waals surface area contributed by atoms with Crippen molar-refractivity contribution in [3.8, 4) is 28.8 Å². The van der Waals surface area contributed by atoms with Crippen LogP contribution in [0, 0.1) is 17.1 Å². The van der Waals surface area contributed by atoms with Crippen LogP contribution >= 0.6 is 0 Å². The average molecular weight is 652 g/mol. The lowest BCUT2D eigenvalue weighted by Gasteiger charge is -2.42. The van der Waals surface area contributed by atoms with Crippen LogP contribution in [-0.2, 0) is 9.59 Å². The molecule has 13 heteroatoms. The molecular formula is C35H38FN9O3. The summed E-state index contributed by atoms with van der Waals surface area (Å²) in [5.41, 5.74) is 6.55. The van der Waals surface area contributed by atoms with E-state index in [1.165, 1.54) is 12.4 Å². The van der Waals surface area contributed by atoms with Crippen LogP contribution in [0.3, 0.4) is 0 Å². The van der Waals surface area contributed by atoms with Gasteiger partial charge in [0.05, 0.1) is 18.0 Å². The van der Waals surface area contributed by atoms with E-state index < -0.39 is 11.4 Å². The second kappa shape index (κ2) is 13.4. The second-order valence-corrected chi connectivity index (χ2v) is 12.6. The van der Waals surface area contributed by atoms with Crippen LogP contribution in [0.2, 0.25) is 0 Å². The number of nitriles is 1. The number of likely N-dealkylation sites (tertiary alicyclic amines) is 1. The fourth-order valence-electron chi connectivity index (χ4n) is 6.44. The van der Waals surface area contributed by atoms with Gasteiger partial charge in [0.2, 0.25) is 5.91 Å². The summed E-state index contributed by atoms with van der Waals surface area (Å²) in [5.74, 6) is 0.153. The molecule has 12 nitrogen and oxygen atoms in total. The van der Waals surface area contributed by atoms with Gasteiger partial charge in [-0.3, -0.25) is 14.5 Å². The minimum Gasteiger partial charge on any atom is -0.457 e. The van der Waals surface area contributed by atoms with Gasteiger partial charge in [0.25, 0.3) is 5.91 Å². The van der Waals surface area contributed by atoms with Crippen molar-refractivity contribution >= 4 is 28.7 Å². The summed E-state index contributed by atoms with van der Waals surface area (Å²) in [5, 5.41) is 15.3. The molecule has 1 atom stereocenters. The summed E-state index contributed by atoms with van der Waals surface area (Å²) in [4.78, 5) is 40.4. The zero-order valence-corrected chi connectivity index (χ0v) is 27.3. The third-order valence-electron chi connectivity index (χ3n) is 9.09. The third kappa shape index (κ3) is 6.44. The number of anilines is 1. The van der Waals surface area contributed by atoms with Crippen LogP contribution in [0.5, 0.6) is 11.5 Å². The van der Waals surface area contributed by atoms with Gasteiger partial charge in [-0.15, -0.1) is 0 Å². The molecule has 0 aliphatic carbocycles. The number of hydrogen-bond donors (Lipinski definition) is 1. The Kier molecular flexibility index (Phi) is 9.10. The van der Waals surface area contributed by atoms with Crippen molar-refractivity contribution in [3.05, 3.63) is 72.3 Å². The number of para-hydroxylation sites is 1. The van der Waals surface area contributed by atoms with Crippen LogP contribution < -0.4 is 10.5 Å². The number of aromatic nitrogens is 4. The number of benzene rings is 2. The number of carbonyl (C=O) groups is 2. The first-order valence-corrected chi connectivity index (χ1v) is 16.1. The fourth-order valence-corrected chi connectivity index (χ4v) is 6.44. The van der Waals surface area contributed by atoms with Crippen LogP contribution in [0.25, 0.3) is 22.3 Å². The van der Waals surface area contributed by atoms with Crippen molar-refractivity contribution in [1.29, 1.82) is 5.26 Å². The van der Waals surface area contributed by atoms with Gasteiger partial charge in [0.15, 0.2) is 5.65 Å². The highest BCUT2D eigenvalue weighted by Crippen LogP contribution is 2.36. The molecule has 6 rings (SSSR count). The van der Waals surface area contributed by atoms with E-state index in [9.17, 15) is 14.9 Å². The largest absolute Gasteiger partial charge is 0.457 e. The highest BCUT2D eigenvalue weighted by atomic mass is 19.1. The SMILES string of the molecule is CCN1CCN(C(C)(C)/C=C(/C#N)C(=O)N2CCC[C@@H](n3nc(-c4ccc(Oc5ccccc5)cc4F)c4c(N)ncnc43)C2)CC1=O. The van der Waals surface area contributed by atoms with Gasteiger partial charge in [-0.1, -0.05) is 18.2 Å². The summed E-state index contributed by atoms with van der Waals surface area (Å²) < 4.78 is 23.1. The first kappa shape index (κ1) is 32.6. The molecule has 248 valence electrons. The predicted molar refractivity (Wildman–Crippen MR) is 178 cm³/mol. The molecule has 2 fully saturated rings. The lowest BCUT2D eigenvalue weighted by Crippen LogP contribution is -2.56. The van der Waals surface area contributed by atoms with Crippen LogP contribution in [-0.4, -0.2) is 91.1 Å². The Balaban J connectivity index is 1.26. The van der Waals surface area contributed by atoms with E-state index >= 15 is 4.39 Å². The lowest BCUT2D eigenvalue weighted by atomic mass is 9.96. The van der Waals surface area contributed by atoms with Crippen molar-refractivity contribution in [1.82, 2.24) is 34.4 Å². The van der Waals surface area contributed by atoms with E-state index in [1.54, 1.807) is 44.8 Å². The molecule has 2 N–H and O–H groups in total. The van der Waals surface area contributed by atoms with Crippen LogP contribution in [0.15, 0.2) is 66.5 Å². The number of carbonyl (C=O) groups excluding carboxylic acids is 2. The van der Waals surface area contributed by atoms with Crippen molar-refractivity contribution in [2.24, 2.45) is 0 Å². The molecule has 4 heterocycles. The Morgan fingerprint density at radius 2 is 1.94 bits per heavy atom. The number of likely N-dealkylation sites (N-methyl/N-ethyl adjacent to an activating group) is 1. The number of nitrogens with two attached hydrogens (primary N) is 1. The first-order chi connectivity index (χ1) is 23.1. The van der Waals surface area contributed by atoms with Crippen LogP contribution in [0.1, 0.15) is 39.7 Å². The summed E-state index contributed by atoms with van der Waals surface area (Å²) in [6.45, 7) is 8.60. The first-order valence-electron chi connectivity index (χ1n) is 16.1. The van der Waals surface area contributed by atoms with Crippen LogP contribution in [0.4, 0.5) is 10.2 Å². The Morgan fingerprint density at radius 3 is 2.65 bits per heavy atom. The number of piperidine rings is 1. The maximum Gasteiger partial charge on any atom is 0.264 e. The molecule has 2 aliphatic rings. The molecule has 2 amide bonds. The maximum absolute atomic E-state index is 15.6. The fraction of sp³-hybridized carbons (Fsp3) is 0.371. The minimum atomic E-state index is -0.696. The van der Waals surface area contributed by atoms with Crippen molar-refractivity contribution < 1.29 is 18.7 Å². The van der Waals surface area contributed by atoms with E-state index in [-0.39, 0.29) is 53.6 Å². The van der Waals surface area contributed by atoms with Gasteiger partial charge >= 0.3 is 0 Å². The van der Waals surface area contributed by atoms with E-state index in [0.717, 1.165) is 0 Å². The van der Waals surface area contributed by atoms with Gasteiger partial charge in [-0.25, -0.2) is 19.0 Å². The predicted octanol–water partition coefficient (Wildman–Crippen LogP) is 4.56. The van der Waals surface area contributed by atoms with E-state index in [2.05, 4.69) is 16.0 Å². The van der Waals surface area contributed by atoms with E-state index in [4.69, 9.17) is 15.6 Å². The number of fused-ring (bicyclic) bond motifs is 1. The van der Waals surface area contributed by atoms with Gasteiger partial charge in [0, 0.05) is 49.9 Å². The summed E-state index contributed by atoms with van der Waals surface area (Å²) in [6.07, 6.45) is 4.33. The van der Waals surface area contributed by atoms with Crippen molar-refractivity contribution in [2.75, 3.05) is 45.0 Å². The molecule has 0 saturated carbocycles. The highest BCUT2D eigenvalue weighted by molar-refractivity contribution is 5.99. The zero-order chi connectivity index (χ0) is 34.0. The quantitative estimate of drug-likeness (QED) is 0.214.